The van der Waals surface area contributed by atoms with Crippen molar-refractivity contribution in [3.63, 3.8) is 0 Å². The minimum Gasteiger partial charge on any atom is -0.364 e. The van der Waals surface area contributed by atoms with Crippen LogP contribution in [0.4, 0.5) is 5.69 Å². The molecule has 0 radical (unpaired) electrons. The molecule has 0 atom stereocenters. The molecule has 0 bridgehead atoms. The Bertz CT molecular complexity index is 523. The molecule has 1 heterocycles. The van der Waals surface area contributed by atoms with E-state index >= 15 is 0 Å². The third kappa shape index (κ3) is 3.07. The van der Waals surface area contributed by atoms with Gasteiger partial charge in [-0.3, -0.25) is 4.79 Å². The minimum atomic E-state index is -0.135. The smallest absolute Gasteiger partial charge is 0.230 e. The maximum atomic E-state index is 11.7. The molecule has 1 aromatic heterocycles. The Hall–Kier alpha value is -1.81. The first-order valence-electron chi connectivity index (χ1n) is 5.10. The van der Waals surface area contributed by atoms with Gasteiger partial charge in [-0.15, -0.1) is 0 Å². The average Bonchev–Trinajstić information content (AvgIpc) is 2.75. The number of rotatable bonds is 3. The number of nitrogens with zero attached hydrogens (tertiary/aromatic N) is 1. The van der Waals surface area contributed by atoms with Crippen molar-refractivity contribution < 1.29 is 9.32 Å². The second-order valence-electron chi connectivity index (χ2n) is 3.67. The fourth-order valence-electron chi connectivity index (χ4n) is 1.45. The molecule has 1 amide bonds. The maximum Gasteiger partial charge on any atom is 0.230 e. The first kappa shape index (κ1) is 11.7. The largest absolute Gasteiger partial charge is 0.364 e. The van der Waals surface area contributed by atoms with E-state index in [-0.39, 0.29) is 12.3 Å². The Morgan fingerprint density at radius 3 is 2.94 bits per heavy atom. The van der Waals surface area contributed by atoms with Gasteiger partial charge in [0.05, 0.1) is 12.1 Å². The second kappa shape index (κ2) is 5.01. The number of aromatic nitrogens is 1. The number of halogens is 1. The fourth-order valence-corrected chi connectivity index (χ4v) is 1.68. The number of aryl methyl sites for hydroxylation is 1. The van der Waals surface area contributed by atoms with Crippen LogP contribution < -0.4 is 5.32 Å². The van der Waals surface area contributed by atoms with Gasteiger partial charge in [-0.2, -0.15) is 0 Å². The molecule has 0 spiro atoms. The van der Waals surface area contributed by atoms with E-state index in [0.717, 1.165) is 11.3 Å². The lowest BCUT2D eigenvalue weighted by molar-refractivity contribution is -0.115. The molecule has 2 rings (SSSR count). The van der Waals surface area contributed by atoms with E-state index < -0.39 is 0 Å². The van der Waals surface area contributed by atoms with Crippen molar-refractivity contribution in [2.45, 2.75) is 13.3 Å². The zero-order chi connectivity index (χ0) is 12.3. The standard InChI is InChI=1S/C12H11ClN2O2/c1-8-6-9(13)2-3-11(8)14-12(16)7-10-4-5-17-15-10/h2-6H,7H2,1H3,(H,14,16). The minimum absolute atomic E-state index is 0.135. The van der Waals surface area contributed by atoms with Crippen LogP contribution in [0.1, 0.15) is 11.3 Å². The number of benzene rings is 1. The van der Waals surface area contributed by atoms with Crippen LogP contribution in [0.3, 0.4) is 0 Å². The van der Waals surface area contributed by atoms with Crippen LogP contribution in [0.2, 0.25) is 5.02 Å². The third-order valence-corrected chi connectivity index (χ3v) is 2.53. The zero-order valence-corrected chi connectivity index (χ0v) is 9.99. The van der Waals surface area contributed by atoms with Crippen molar-refractivity contribution in [1.29, 1.82) is 0 Å². The molecule has 0 aliphatic carbocycles. The summed E-state index contributed by atoms with van der Waals surface area (Å²) in [6.07, 6.45) is 1.63. The van der Waals surface area contributed by atoms with E-state index in [9.17, 15) is 4.79 Å². The quantitative estimate of drug-likeness (QED) is 0.911. The summed E-state index contributed by atoms with van der Waals surface area (Å²) in [4.78, 5) is 11.7. The zero-order valence-electron chi connectivity index (χ0n) is 9.24. The highest BCUT2D eigenvalue weighted by molar-refractivity contribution is 6.30. The molecule has 0 saturated carbocycles. The van der Waals surface area contributed by atoms with Crippen molar-refractivity contribution in [2.24, 2.45) is 0 Å². The molecule has 0 aliphatic rings. The predicted octanol–water partition coefficient (Wildman–Crippen LogP) is 2.82. The Morgan fingerprint density at radius 2 is 2.29 bits per heavy atom. The lowest BCUT2D eigenvalue weighted by Crippen LogP contribution is -2.15. The summed E-state index contributed by atoms with van der Waals surface area (Å²) in [6, 6.07) is 6.97. The van der Waals surface area contributed by atoms with Gasteiger partial charge in [-0.05, 0) is 30.7 Å². The van der Waals surface area contributed by atoms with Crippen molar-refractivity contribution in [3.05, 3.63) is 46.8 Å². The van der Waals surface area contributed by atoms with Gasteiger partial charge in [0.25, 0.3) is 0 Å². The van der Waals surface area contributed by atoms with E-state index in [0.29, 0.717) is 10.7 Å². The molecule has 5 heteroatoms. The molecule has 4 nitrogen and oxygen atoms in total. The molecular weight excluding hydrogens is 240 g/mol. The second-order valence-corrected chi connectivity index (χ2v) is 4.11. The summed E-state index contributed by atoms with van der Waals surface area (Å²) in [5.41, 5.74) is 2.28. The maximum absolute atomic E-state index is 11.7. The Balaban J connectivity index is 2.03. The van der Waals surface area contributed by atoms with Gasteiger partial charge < -0.3 is 9.84 Å². The number of amides is 1. The van der Waals surface area contributed by atoms with E-state index in [1.165, 1.54) is 6.26 Å². The average molecular weight is 251 g/mol. The van der Waals surface area contributed by atoms with Crippen molar-refractivity contribution >= 4 is 23.2 Å². The Labute approximate surface area is 104 Å². The summed E-state index contributed by atoms with van der Waals surface area (Å²) in [7, 11) is 0. The van der Waals surface area contributed by atoms with Crippen LogP contribution >= 0.6 is 11.6 Å². The normalized spacial score (nSPS) is 10.2. The van der Waals surface area contributed by atoms with E-state index in [4.69, 9.17) is 11.6 Å². The molecular formula is C12H11ClN2O2. The molecule has 88 valence electrons. The highest BCUT2D eigenvalue weighted by atomic mass is 35.5. The third-order valence-electron chi connectivity index (χ3n) is 2.30. The summed E-state index contributed by atoms with van der Waals surface area (Å²) in [5, 5.41) is 7.12. The number of hydrogen-bond acceptors (Lipinski definition) is 3. The van der Waals surface area contributed by atoms with E-state index in [1.54, 1.807) is 24.3 Å². The lowest BCUT2D eigenvalue weighted by Gasteiger charge is -2.07. The fraction of sp³-hybridized carbons (Fsp3) is 0.167. The van der Waals surface area contributed by atoms with Gasteiger partial charge in [0.2, 0.25) is 5.91 Å². The predicted molar refractivity (Wildman–Crippen MR) is 65.0 cm³/mol. The van der Waals surface area contributed by atoms with Crippen LogP contribution in [0.5, 0.6) is 0 Å². The topological polar surface area (TPSA) is 55.1 Å². The number of carbonyl (C=O) groups is 1. The SMILES string of the molecule is Cc1cc(Cl)ccc1NC(=O)Cc1ccon1. The number of hydrogen-bond donors (Lipinski definition) is 1. The monoisotopic (exact) mass is 250 g/mol. The van der Waals surface area contributed by atoms with E-state index in [2.05, 4.69) is 15.0 Å². The molecule has 0 unspecified atom stereocenters. The van der Waals surface area contributed by atoms with Crippen molar-refractivity contribution in [3.8, 4) is 0 Å². The number of nitrogens with one attached hydrogen (secondary N) is 1. The number of carbonyl (C=O) groups excluding carboxylic acids is 1. The van der Waals surface area contributed by atoms with Crippen LogP contribution in [-0.2, 0) is 11.2 Å². The van der Waals surface area contributed by atoms with Gasteiger partial charge in [0.1, 0.15) is 6.26 Å². The molecule has 0 aliphatic heterocycles. The number of anilines is 1. The molecule has 0 fully saturated rings. The van der Waals surface area contributed by atoms with Crippen molar-refractivity contribution in [1.82, 2.24) is 5.16 Å². The lowest BCUT2D eigenvalue weighted by atomic mass is 10.2. The van der Waals surface area contributed by atoms with Gasteiger partial charge in [-0.25, -0.2) is 0 Å². The van der Waals surface area contributed by atoms with Gasteiger partial charge >= 0.3 is 0 Å². The van der Waals surface area contributed by atoms with Crippen LogP contribution in [0.15, 0.2) is 35.1 Å². The van der Waals surface area contributed by atoms with Gasteiger partial charge in [0.15, 0.2) is 0 Å². The molecule has 1 aromatic carbocycles. The summed E-state index contributed by atoms with van der Waals surface area (Å²) < 4.78 is 4.66. The first-order chi connectivity index (χ1) is 8.15. The summed E-state index contributed by atoms with van der Waals surface area (Å²) in [6.45, 7) is 1.89. The Kier molecular flexibility index (Phi) is 3.44. The van der Waals surface area contributed by atoms with E-state index in [1.807, 2.05) is 6.92 Å². The first-order valence-corrected chi connectivity index (χ1v) is 5.48. The Morgan fingerprint density at radius 1 is 1.47 bits per heavy atom. The molecule has 2 aromatic rings. The van der Waals surface area contributed by atoms with Crippen LogP contribution in [-0.4, -0.2) is 11.1 Å². The highest BCUT2D eigenvalue weighted by Gasteiger charge is 2.08. The summed E-state index contributed by atoms with van der Waals surface area (Å²) in [5.74, 6) is -0.135. The molecule has 1 N–H and O–H groups in total. The van der Waals surface area contributed by atoms with Crippen molar-refractivity contribution in [2.75, 3.05) is 5.32 Å². The molecule has 17 heavy (non-hydrogen) atoms. The molecule has 0 saturated heterocycles. The van der Waals surface area contributed by atoms with Crippen LogP contribution in [0, 0.1) is 6.92 Å². The van der Waals surface area contributed by atoms with Gasteiger partial charge in [0, 0.05) is 16.8 Å². The summed E-state index contributed by atoms with van der Waals surface area (Å²) >= 11 is 5.83. The highest BCUT2D eigenvalue weighted by Crippen LogP contribution is 2.19. The van der Waals surface area contributed by atoms with Crippen LogP contribution in [0.25, 0.3) is 0 Å². The van der Waals surface area contributed by atoms with Gasteiger partial charge in [-0.1, -0.05) is 16.8 Å².